The minimum atomic E-state index is -2.94. The number of rotatable bonds is 3. The highest BCUT2D eigenvalue weighted by Gasteiger charge is 2.27. The Morgan fingerprint density at radius 3 is 2.85 bits per heavy atom. The van der Waals surface area contributed by atoms with Crippen LogP contribution < -0.4 is 10.6 Å². The van der Waals surface area contributed by atoms with Crippen molar-refractivity contribution >= 4 is 21.6 Å². The molecular formula is C13H17FN2O3S. The van der Waals surface area contributed by atoms with Gasteiger partial charge >= 0.3 is 6.03 Å². The van der Waals surface area contributed by atoms with Gasteiger partial charge in [-0.05, 0) is 37.0 Å². The molecule has 1 fully saturated rings. The molecule has 1 aliphatic heterocycles. The van der Waals surface area contributed by atoms with Crippen LogP contribution >= 0.6 is 0 Å². The summed E-state index contributed by atoms with van der Waals surface area (Å²) in [5.74, 6) is -0.164. The van der Waals surface area contributed by atoms with Gasteiger partial charge in [-0.2, -0.15) is 0 Å². The van der Waals surface area contributed by atoms with E-state index in [0.717, 1.165) is 5.56 Å². The molecule has 2 amide bonds. The summed E-state index contributed by atoms with van der Waals surface area (Å²) >= 11 is 0. The van der Waals surface area contributed by atoms with Crippen LogP contribution in [0.5, 0.6) is 0 Å². The number of hydrogen-bond acceptors (Lipinski definition) is 3. The van der Waals surface area contributed by atoms with E-state index in [1.54, 1.807) is 13.0 Å². The molecule has 2 rings (SSSR count). The monoisotopic (exact) mass is 300 g/mol. The second-order valence-corrected chi connectivity index (χ2v) is 7.29. The van der Waals surface area contributed by atoms with Gasteiger partial charge in [0, 0.05) is 12.2 Å². The first-order valence-electron chi connectivity index (χ1n) is 6.37. The van der Waals surface area contributed by atoms with Crippen LogP contribution in [0.25, 0.3) is 0 Å². The average molecular weight is 300 g/mol. The summed E-state index contributed by atoms with van der Waals surface area (Å²) in [6.07, 6.45) is 0.571. The number of hydrogen-bond donors (Lipinski definition) is 2. The summed E-state index contributed by atoms with van der Waals surface area (Å²) in [5, 5.41) is 5.18. The highest BCUT2D eigenvalue weighted by molar-refractivity contribution is 7.91. The van der Waals surface area contributed by atoms with Gasteiger partial charge in [-0.25, -0.2) is 17.6 Å². The van der Waals surface area contributed by atoms with Crippen molar-refractivity contribution in [2.75, 3.05) is 23.4 Å². The van der Waals surface area contributed by atoms with Crippen LogP contribution in [-0.4, -0.2) is 32.5 Å². The number of sulfone groups is 1. The minimum absolute atomic E-state index is 0.0423. The van der Waals surface area contributed by atoms with Crippen LogP contribution in [0.15, 0.2) is 18.2 Å². The predicted molar refractivity (Wildman–Crippen MR) is 74.9 cm³/mol. The Bertz CT molecular complexity index is 616. The smallest absolute Gasteiger partial charge is 0.319 e. The third-order valence-corrected chi connectivity index (χ3v) is 5.16. The standard InChI is InChI=1S/C13H17FN2O3S/c1-9-2-3-11(14)6-12(9)16-13(17)15-7-10-4-5-20(18,19)8-10/h2-3,6,10H,4-5,7-8H2,1H3,(H2,15,16,17)/t10-/m0/s1. The summed E-state index contributed by atoms with van der Waals surface area (Å²) in [6.45, 7) is 2.07. The summed E-state index contributed by atoms with van der Waals surface area (Å²) in [6, 6.07) is 3.69. The molecule has 0 aliphatic carbocycles. The second-order valence-electron chi connectivity index (χ2n) is 5.06. The molecule has 0 saturated carbocycles. The number of amides is 2. The van der Waals surface area contributed by atoms with Crippen LogP contribution in [0.3, 0.4) is 0 Å². The van der Waals surface area contributed by atoms with Gasteiger partial charge in [-0.3, -0.25) is 0 Å². The van der Waals surface area contributed by atoms with Crippen molar-refractivity contribution < 1.29 is 17.6 Å². The number of urea groups is 1. The Hall–Kier alpha value is -1.63. The molecule has 1 aliphatic rings. The van der Waals surface area contributed by atoms with E-state index in [-0.39, 0.29) is 17.4 Å². The third-order valence-electron chi connectivity index (χ3n) is 3.33. The lowest BCUT2D eigenvalue weighted by molar-refractivity contribution is 0.250. The van der Waals surface area contributed by atoms with Crippen molar-refractivity contribution in [2.24, 2.45) is 5.92 Å². The van der Waals surface area contributed by atoms with Gasteiger partial charge in [-0.15, -0.1) is 0 Å². The van der Waals surface area contributed by atoms with E-state index >= 15 is 0 Å². The maximum atomic E-state index is 13.1. The topological polar surface area (TPSA) is 75.3 Å². The normalized spacial score (nSPS) is 20.6. The molecule has 7 heteroatoms. The highest BCUT2D eigenvalue weighted by atomic mass is 32.2. The molecule has 2 N–H and O–H groups in total. The fourth-order valence-corrected chi connectivity index (χ4v) is 4.03. The third kappa shape index (κ3) is 3.93. The number of carbonyl (C=O) groups is 1. The van der Waals surface area contributed by atoms with Crippen LogP contribution in [0.4, 0.5) is 14.9 Å². The van der Waals surface area contributed by atoms with Crippen molar-refractivity contribution in [1.82, 2.24) is 5.32 Å². The number of carbonyl (C=O) groups excluding carboxylic acids is 1. The van der Waals surface area contributed by atoms with Crippen LogP contribution in [0.2, 0.25) is 0 Å². The van der Waals surface area contributed by atoms with E-state index in [4.69, 9.17) is 0 Å². The lowest BCUT2D eigenvalue weighted by Crippen LogP contribution is -2.33. The molecule has 20 heavy (non-hydrogen) atoms. The maximum absolute atomic E-state index is 13.1. The zero-order chi connectivity index (χ0) is 14.8. The van der Waals surface area contributed by atoms with Gasteiger partial charge in [0.05, 0.1) is 11.5 Å². The fraction of sp³-hybridized carbons (Fsp3) is 0.462. The Morgan fingerprint density at radius 2 is 2.20 bits per heavy atom. The number of anilines is 1. The second kappa shape index (κ2) is 5.78. The maximum Gasteiger partial charge on any atom is 0.319 e. The van der Waals surface area contributed by atoms with Gasteiger partial charge in [0.15, 0.2) is 9.84 Å². The van der Waals surface area contributed by atoms with E-state index in [2.05, 4.69) is 10.6 Å². The molecule has 1 atom stereocenters. The average Bonchev–Trinajstić information content (AvgIpc) is 2.71. The fourth-order valence-electron chi connectivity index (χ4n) is 2.17. The van der Waals surface area contributed by atoms with Crippen LogP contribution in [0.1, 0.15) is 12.0 Å². The Balaban J connectivity index is 1.85. The highest BCUT2D eigenvalue weighted by Crippen LogP contribution is 2.18. The largest absolute Gasteiger partial charge is 0.338 e. The summed E-state index contributed by atoms with van der Waals surface area (Å²) in [7, 11) is -2.94. The molecule has 1 aromatic carbocycles. The minimum Gasteiger partial charge on any atom is -0.338 e. The van der Waals surface area contributed by atoms with Gasteiger partial charge in [0.2, 0.25) is 0 Å². The lowest BCUT2D eigenvalue weighted by atomic mass is 10.1. The molecule has 0 unspecified atom stereocenters. The molecule has 1 saturated heterocycles. The van der Waals surface area contributed by atoms with E-state index in [9.17, 15) is 17.6 Å². The summed E-state index contributed by atoms with van der Waals surface area (Å²) in [5.41, 5.74) is 1.16. The molecule has 0 radical (unpaired) electrons. The quantitative estimate of drug-likeness (QED) is 0.892. The molecular weight excluding hydrogens is 283 g/mol. The van der Waals surface area contributed by atoms with Gasteiger partial charge in [-0.1, -0.05) is 6.07 Å². The molecule has 1 heterocycles. The van der Waals surface area contributed by atoms with Crippen molar-refractivity contribution in [3.8, 4) is 0 Å². The molecule has 0 spiro atoms. The van der Waals surface area contributed by atoms with Crippen LogP contribution in [-0.2, 0) is 9.84 Å². The molecule has 110 valence electrons. The first-order valence-corrected chi connectivity index (χ1v) is 8.19. The Labute approximate surface area is 117 Å². The van der Waals surface area contributed by atoms with Crippen molar-refractivity contribution in [3.63, 3.8) is 0 Å². The number of aryl methyl sites for hydroxylation is 1. The Kier molecular flexibility index (Phi) is 4.27. The molecule has 0 bridgehead atoms. The summed E-state index contributed by atoms with van der Waals surface area (Å²) < 4.78 is 35.7. The van der Waals surface area contributed by atoms with Crippen LogP contribution in [0, 0.1) is 18.7 Å². The SMILES string of the molecule is Cc1ccc(F)cc1NC(=O)NC[C@@H]1CCS(=O)(=O)C1. The van der Waals surface area contributed by atoms with Crippen molar-refractivity contribution in [3.05, 3.63) is 29.6 Å². The Morgan fingerprint density at radius 1 is 1.45 bits per heavy atom. The van der Waals surface area contributed by atoms with E-state index in [1.165, 1.54) is 12.1 Å². The first kappa shape index (κ1) is 14.8. The zero-order valence-corrected chi connectivity index (χ0v) is 12.0. The van der Waals surface area contributed by atoms with Crippen molar-refractivity contribution in [1.29, 1.82) is 0 Å². The summed E-state index contributed by atoms with van der Waals surface area (Å²) in [4.78, 5) is 11.7. The zero-order valence-electron chi connectivity index (χ0n) is 11.1. The molecule has 1 aromatic rings. The number of halogens is 1. The van der Waals surface area contributed by atoms with Gasteiger partial charge in [0.25, 0.3) is 0 Å². The lowest BCUT2D eigenvalue weighted by Gasteiger charge is -2.12. The number of benzene rings is 1. The molecule has 5 nitrogen and oxygen atoms in total. The van der Waals surface area contributed by atoms with Gasteiger partial charge < -0.3 is 10.6 Å². The van der Waals surface area contributed by atoms with E-state index < -0.39 is 21.7 Å². The first-order chi connectivity index (χ1) is 9.35. The molecule has 0 aromatic heterocycles. The van der Waals surface area contributed by atoms with Crippen molar-refractivity contribution in [2.45, 2.75) is 13.3 Å². The number of nitrogens with one attached hydrogen (secondary N) is 2. The van der Waals surface area contributed by atoms with Gasteiger partial charge in [0.1, 0.15) is 5.82 Å². The van der Waals surface area contributed by atoms with E-state index in [0.29, 0.717) is 18.7 Å². The predicted octanol–water partition coefficient (Wildman–Crippen LogP) is 1.69. The van der Waals surface area contributed by atoms with E-state index in [1.807, 2.05) is 0 Å².